The maximum absolute atomic E-state index is 5.66. The zero-order valence-corrected chi connectivity index (χ0v) is 11.5. The van der Waals surface area contributed by atoms with E-state index in [-0.39, 0.29) is 0 Å². The van der Waals surface area contributed by atoms with E-state index in [4.69, 9.17) is 10.6 Å². The monoisotopic (exact) mass is 266 g/mol. The number of ether oxygens (including phenoxy) is 1. The van der Waals surface area contributed by atoms with Gasteiger partial charge in [-0.1, -0.05) is 18.2 Å². The molecule has 1 aliphatic heterocycles. The molecule has 1 unspecified atom stereocenters. The summed E-state index contributed by atoms with van der Waals surface area (Å²) in [5, 5.41) is 0. The minimum atomic E-state index is 0.387. The number of hydrogen-bond acceptors (Lipinski definition) is 4. The average molecular weight is 266 g/mol. The number of benzene rings is 1. The van der Waals surface area contributed by atoms with Crippen LogP contribution in [0.4, 0.5) is 0 Å². The third kappa shape index (κ3) is 4.61. The fourth-order valence-electron chi connectivity index (χ4n) is 2.28. The first-order valence-corrected chi connectivity index (χ1v) is 7.59. The van der Waals surface area contributed by atoms with Crippen LogP contribution in [0.3, 0.4) is 0 Å². The zero-order chi connectivity index (χ0) is 12.6. The Morgan fingerprint density at radius 2 is 2.00 bits per heavy atom. The molecule has 100 valence electrons. The molecule has 1 aromatic carbocycles. The Morgan fingerprint density at radius 1 is 1.28 bits per heavy atom. The van der Waals surface area contributed by atoms with Crippen LogP contribution in [-0.4, -0.2) is 25.0 Å². The van der Waals surface area contributed by atoms with E-state index in [2.05, 4.69) is 29.7 Å². The van der Waals surface area contributed by atoms with Gasteiger partial charge >= 0.3 is 0 Å². The Labute approximate surface area is 113 Å². The van der Waals surface area contributed by atoms with Crippen LogP contribution in [0.5, 0.6) is 0 Å². The van der Waals surface area contributed by atoms with Gasteiger partial charge in [0.05, 0.1) is 0 Å². The SMILES string of the molecule is NNC(CSc1ccccc1)CC1CCOCC1. The maximum atomic E-state index is 5.66. The van der Waals surface area contributed by atoms with Gasteiger partial charge in [-0.25, -0.2) is 0 Å². The number of nitrogens with two attached hydrogens (primary N) is 1. The van der Waals surface area contributed by atoms with Crippen molar-refractivity contribution in [3.8, 4) is 0 Å². The smallest absolute Gasteiger partial charge is 0.0468 e. The van der Waals surface area contributed by atoms with Gasteiger partial charge in [-0.3, -0.25) is 11.3 Å². The van der Waals surface area contributed by atoms with Gasteiger partial charge in [0.2, 0.25) is 0 Å². The molecule has 4 heteroatoms. The van der Waals surface area contributed by atoms with Gasteiger partial charge in [0.15, 0.2) is 0 Å². The van der Waals surface area contributed by atoms with E-state index in [0.29, 0.717) is 6.04 Å². The topological polar surface area (TPSA) is 47.3 Å². The Balaban J connectivity index is 1.74. The number of hydrogen-bond donors (Lipinski definition) is 2. The van der Waals surface area contributed by atoms with Crippen molar-refractivity contribution < 1.29 is 4.74 Å². The van der Waals surface area contributed by atoms with Crippen molar-refractivity contribution in [1.82, 2.24) is 5.43 Å². The lowest BCUT2D eigenvalue weighted by atomic mass is 9.93. The Morgan fingerprint density at radius 3 is 2.67 bits per heavy atom. The molecule has 2 rings (SSSR count). The molecule has 1 aliphatic rings. The average Bonchev–Trinajstić information content (AvgIpc) is 2.45. The van der Waals surface area contributed by atoms with Crippen LogP contribution in [0.15, 0.2) is 35.2 Å². The standard InChI is InChI=1S/C14H22N2OS/c15-16-13(10-12-6-8-17-9-7-12)11-18-14-4-2-1-3-5-14/h1-5,12-13,16H,6-11,15H2. The van der Waals surface area contributed by atoms with Crippen molar-refractivity contribution in [3.05, 3.63) is 30.3 Å². The van der Waals surface area contributed by atoms with Crippen molar-refractivity contribution in [2.75, 3.05) is 19.0 Å². The predicted octanol–water partition coefficient (Wildman–Crippen LogP) is 2.43. The quantitative estimate of drug-likeness (QED) is 0.472. The lowest BCUT2D eigenvalue weighted by molar-refractivity contribution is 0.0613. The van der Waals surface area contributed by atoms with E-state index in [1.165, 1.54) is 17.7 Å². The van der Waals surface area contributed by atoms with Crippen molar-refractivity contribution in [1.29, 1.82) is 0 Å². The normalized spacial score (nSPS) is 18.7. The predicted molar refractivity (Wildman–Crippen MR) is 76.4 cm³/mol. The van der Waals surface area contributed by atoms with Crippen LogP contribution >= 0.6 is 11.8 Å². The van der Waals surface area contributed by atoms with Gasteiger partial charge in [-0.2, -0.15) is 0 Å². The van der Waals surface area contributed by atoms with Gasteiger partial charge in [-0.15, -0.1) is 11.8 Å². The van der Waals surface area contributed by atoms with Crippen molar-refractivity contribution in [2.45, 2.75) is 30.2 Å². The first kappa shape index (κ1) is 13.9. The minimum absolute atomic E-state index is 0.387. The second-order valence-electron chi connectivity index (χ2n) is 4.78. The van der Waals surface area contributed by atoms with Gasteiger partial charge in [0, 0.05) is 29.9 Å². The van der Waals surface area contributed by atoms with E-state index in [1.54, 1.807) is 0 Å². The molecule has 3 N–H and O–H groups in total. The zero-order valence-electron chi connectivity index (χ0n) is 10.7. The first-order valence-electron chi connectivity index (χ1n) is 6.60. The molecule has 0 aromatic heterocycles. The van der Waals surface area contributed by atoms with Gasteiger partial charge in [0.1, 0.15) is 0 Å². The molecule has 0 bridgehead atoms. The van der Waals surface area contributed by atoms with Crippen LogP contribution < -0.4 is 11.3 Å². The lowest BCUT2D eigenvalue weighted by Crippen LogP contribution is -2.39. The molecule has 0 spiro atoms. The fourth-order valence-corrected chi connectivity index (χ4v) is 3.26. The number of rotatable bonds is 6. The van der Waals surface area contributed by atoms with Crippen LogP contribution in [0.2, 0.25) is 0 Å². The van der Waals surface area contributed by atoms with Crippen molar-refractivity contribution >= 4 is 11.8 Å². The summed E-state index contributed by atoms with van der Waals surface area (Å²) in [6, 6.07) is 10.9. The molecule has 1 atom stereocenters. The van der Waals surface area contributed by atoms with Crippen LogP contribution in [-0.2, 0) is 4.74 Å². The third-order valence-corrected chi connectivity index (χ3v) is 4.56. The van der Waals surface area contributed by atoms with E-state index < -0.39 is 0 Å². The highest BCUT2D eigenvalue weighted by Crippen LogP contribution is 2.24. The maximum Gasteiger partial charge on any atom is 0.0468 e. The second kappa shape index (κ2) is 7.79. The van der Waals surface area contributed by atoms with Crippen LogP contribution in [0.1, 0.15) is 19.3 Å². The largest absolute Gasteiger partial charge is 0.381 e. The number of thioether (sulfide) groups is 1. The fraction of sp³-hybridized carbons (Fsp3) is 0.571. The molecule has 1 fully saturated rings. The highest BCUT2D eigenvalue weighted by atomic mass is 32.2. The van der Waals surface area contributed by atoms with E-state index >= 15 is 0 Å². The molecule has 0 saturated carbocycles. The summed E-state index contributed by atoms with van der Waals surface area (Å²) in [4.78, 5) is 1.31. The molecule has 1 heterocycles. The molecule has 1 aromatic rings. The highest BCUT2D eigenvalue weighted by Gasteiger charge is 2.18. The molecule has 0 amide bonds. The third-order valence-electron chi connectivity index (χ3n) is 3.39. The summed E-state index contributed by atoms with van der Waals surface area (Å²) >= 11 is 1.87. The Hall–Kier alpha value is -0.550. The molecule has 3 nitrogen and oxygen atoms in total. The van der Waals surface area contributed by atoms with E-state index in [9.17, 15) is 0 Å². The Kier molecular flexibility index (Phi) is 6.00. The summed E-state index contributed by atoms with van der Waals surface area (Å²) in [6.07, 6.45) is 3.50. The van der Waals surface area contributed by atoms with E-state index in [1.807, 2.05) is 17.8 Å². The van der Waals surface area contributed by atoms with Gasteiger partial charge in [-0.05, 0) is 37.3 Å². The second-order valence-corrected chi connectivity index (χ2v) is 5.87. The number of nitrogens with one attached hydrogen (secondary N) is 1. The van der Waals surface area contributed by atoms with Crippen molar-refractivity contribution in [3.63, 3.8) is 0 Å². The summed E-state index contributed by atoms with van der Waals surface area (Å²) in [5.74, 6) is 7.45. The van der Waals surface area contributed by atoms with Gasteiger partial charge in [0.25, 0.3) is 0 Å². The van der Waals surface area contributed by atoms with E-state index in [0.717, 1.165) is 31.3 Å². The summed E-state index contributed by atoms with van der Waals surface area (Å²) in [7, 11) is 0. The minimum Gasteiger partial charge on any atom is -0.381 e. The van der Waals surface area contributed by atoms with Gasteiger partial charge < -0.3 is 4.74 Å². The van der Waals surface area contributed by atoms with Crippen molar-refractivity contribution in [2.24, 2.45) is 11.8 Å². The molecule has 0 aliphatic carbocycles. The molecule has 18 heavy (non-hydrogen) atoms. The summed E-state index contributed by atoms with van der Waals surface area (Å²) in [5.41, 5.74) is 2.96. The van der Waals surface area contributed by atoms with Crippen LogP contribution in [0, 0.1) is 5.92 Å². The summed E-state index contributed by atoms with van der Waals surface area (Å²) < 4.78 is 5.39. The molecule has 1 saturated heterocycles. The molecular weight excluding hydrogens is 244 g/mol. The van der Waals surface area contributed by atoms with Crippen LogP contribution in [0.25, 0.3) is 0 Å². The molecular formula is C14H22N2OS. The number of hydrazine groups is 1. The molecule has 0 radical (unpaired) electrons. The Bertz CT molecular complexity index is 328. The first-order chi connectivity index (χ1) is 8.88. The highest BCUT2D eigenvalue weighted by molar-refractivity contribution is 7.99. The lowest BCUT2D eigenvalue weighted by Gasteiger charge is -2.26. The summed E-state index contributed by atoms with van der Waals surface area (Å²) in [6.45, 7) is 1.82.